The van der Waals surface area contributed by atoms with Crippen molar-refractivity contribution in [2.75, 3.05) is 26.0 Å². The molecule has 0 aromatic heterocycles. The van der Waals surface area contributed by atoms with Gasteiger partial charge in [-0.15, -0.1) is 0 Å². The molecule has 8 nitrogen and oxygen atoms in total. The molecule has 0 unspecified atom stereocenters. The first-order valence-corrected chi connectivity index (χ1v) is 10.3. The summed E-state index contributed by atoms with van der Waals surface area (Å²) in [6.07, 6.45) is -3.76. The number of benzene rings is 2. The third-order valence-corrected chi connectivity index (χ3v) is 5.35. The average molecular weight is 467 g/mol. The summed E-state index contributed by atoms with van der Waals surface area (Å²) >= 11 is 0. The monoisotopic (exact) mass is 467 g/mol. The number of nitrogens with one attached hydrogen (secondary N) is 1. The van der Waals surface area contributed by atoms with Crippen LogP contribution in [-0.4, -0.2) is 48.6 Å². The van der Waals surface area contributed by atoms with Crippen molar-refractivity contribution in [3.05, 3.63) is 57.6 Å². The van der Waals surface area contributed by atoms with Crippen LogP contribution in [0.4, 0.5) is 24.5 Å². The van der Waals surface area contributed by atoms with Gasteiger partial charge in [0.15, 0.2) is 5.75 Å². The number of nitro groups is 1. The van der Waals surface area contributed by atoms with Crippen LogP contribution in [0.2, 0.25) is 0 Å². The molecule has 0 aliphatic heterocycles. The zero-order valence-corrected chi connectivity index (χ0v) is 18.3. The van der Waals surface area contributed by atoms with Crippen LogP contribution in [0.25, 0.3) is 0 Å². The van der Waals surface area contributed by atoms with Crippen molar-refractivity contribution in [2.45, 2.75) is 38.1 Å². The fourth-order valence-corrected chi connectivity index (χ4v) is 3.45. The highest BCUT2D eigenvalue weighted by Crippen LogP contribution is 2.40. The van der Waals surface area contributed by atoms with E-state index in [0.29, 0.717) is 12.8 Å². The summed E-state index contributed by atoms with van der Waals surface area (Å²) in [4.78, 5) is 25.1. The standard InChI is InChI=1S/C22H24F3N3O5/c1-4-32-20-7-5-13(9-18(20)28(30)31)21(29)26-14-6-8-19(17(10-14)22(23,24)25)33-16-11-15(12-16)27(2)3/h5-10,15-16H,4,11-12H2,1-3H3,(H,26,29). The summed E-state index contributed by atoms with van der Waals surface area (Å²) in [6, 6.07) is 7.11. The lowest BCUT2D eigenvalue weighted by molar-refractivity contribution is -0.385. The number of rotatable bonds is 8. The van der Waals surface area contributed by atoms with Gasteiger partial charge in [0, 0.05) is 23.4 Å². The molecule has 0 radical (unpaired) electrons. The van der Waals surface area contributed by atoms with E-state index in [4.69, 9.17) is 9.47 Å². The highest BCUT2D eigenvalue weighted by molar-refractivity contribution is 6.05. The summed E-state index contributed by atoms with van der Waals surface area (Å²) in [7, 11) is 3.80. The second-order valence-corrected chi connectivity index (χ2v) is 7.86. The molecule has 33 heavy (non-hydrogen) atoms. The molecular formula is C22H24F3N3O5. The first kappa shape index (κ1) is 24.3. The molecule has 1 fully saturated rings. The Bertz CT molecular complexity index is 1040. The number of ether oxygens (including phenoxy) is 2. The normalized spacial score (nSPS) is 17.9. The van der Waals surface area contributed by atoms with E-state index in [0.717, 1.165) is 12.1 Å². The number of nitro benzene ring substituents is 1. The molecule has 2 aromatic rings. The maximum absolute atomic E-state index is 13.6. The van der Waals surface area contributed by atoms with Gasteiger partial charge in [-0.2, -0.15) is 13.2 Å². The van der Waals surface area contributed by atoms with Crippen LogP contribution in [0.3, 0.4) is 0 Å². The molecule has 11 heteroatoms. The van der Waals surface area contributed by atoms with Gasteiger partial charge in [-0.25, -0.2) is 0 Å². The largest absolute Gasteiger partial charge is 0.490 e. The topological polar surface area (TPSA) is 93.9 Å². The molecular weight excluding hydrogens is 443 g/mol. The highest BCUT2D eigenvalue weighted by Gasteiger charge is 2.38. The number of anilines is 1. The van der Waals surface area contributed by atoms with Crippen LogP contribution in [0, 0.1) is 10.1 Å². The predicted molar refractivity (Wildman–Crippen MR) is 115 cm³/mol. The quantitative estimate of drug-likeness (QED) is 0.445. The van der Waals surface area contributed by atoms with E-state index in [1.807, 2.05) is 19.0 Å². The summed E-state index contributed by atoms with van der Waals surface area (Å²) in [5, 5.41) is 13.6. The molecule has 0 spiro atoms. The van der Waals surface area contributed by atoms with Gasteiger partial charge < -0.3 is 19.7 Å². The Labute approximate surface area is 188 Å². The Balaban J connectivity index is 1.79. The van der Waals surface area contributed by atoms with Crippen LogP contribution in [0.15, 0.2) is 36.4 Å². The van der Waals surface area contributed by atoms with Crippen LogP contribution >= 0.6 is 0 Å². The number of hydrogen-bond acceptors (Lipinski definition) is 6. The molecule has 0 saturated heterocycles. The van der Waals surface area contributed by atoms with E-state index in [-0.39, 0.29) is 41.5 Å². The molecule has 1 amide bonds. The third-order valence-electron chi connectivity index (χ3n) is 5.35. The fourth-order valence-electron chi connectivity index (χ4n) is 3.45. The minimum absolute atomic E-state index is 0.00703. The van der Waals surface area contributed by atoms with E-state index >= 15 is 0 Å². The van der Waals surface area contributed by atoms with E-state index < -0.39 is 28.3 Å². The SMILES string of the molecule is CCOc1ccc(C(=O)Nc2ccc(OC3CC(N(C)C)C3)c(C(F)(F)F)c2)cc1[N+](=O)[O-]. The molecule has 0 bridgehead atoms. The molecule has 178 valence electrons. The van der Waals surface area contributed by atoms with Crippen LogP contribution < -0.4 is 14.8 Å². The Morgan fingerprint density at radius 3 is 2.42 bits per heavy atom. The van der Waals surface area contributed by atoms with E-state index in [1.165, 1.54) is 24.3 Å². The molecule has 1 saturated carbocycles. The van der Waals surface area contributed by atoms with Gasteiger partial charge in [0.2, 0.25) is 0 Å². The predicted octanol–water partition coefficient (Wildman–Crippen LogP) is 4.74. The smallest absolute Gasteiger partial charge is 0.420 e. The Kier molecular flexibility index (Phi) is 7.11. The second kappa shape index (κ2) is 9.65. The van der Waals surface area contributed by atoms with Crippen molar-refractivity contribution in [1.29, 1.82) is 0 Å². The van der Waals surface area contributed by atoms with Crippen LogP contribution in [-0.2, 0) is 6.18 Å². The molecule has 1 N–H and O–H groups in total. The molecule has 1 aliphatic carbocycles. The van der Waals surface area contributed by atoms with Crippen molar-refractivity contribution in [2.24, 2.45) is 0 Å². The van der Waals surface area contributed by atoms with E-state index in [2.05, 4.69) is 5.32 Å². The minimum atomic E-state index is -4.70. The van der Waals surface area contributed by atoms with Gasteiger partial charge >= 0.3 is 11.9 Å². The number of amides is 1. The summed E-state index contributed by atoms with van der Waals surface area (Å²) in [6.45, 7) is 1.85. The van der Waals surface area contributed by atoms with Crippen LogP contribution in [0.1, 0.15) is 35.7 Å². The zero-order chi connectivity index (χ0) is 24.3. The molecule has 1 aliphatic rings. The van der Waals surface area contributed by atoms with Gasteiger partial charge in [0.05, 0.1) is 17.1 Å². The minimum Gasteiger partial charge on any atom is -0.490 e. The van der Waals surface area contributed by atoms with E-state index in [9.17, 15) is 28.1 Å². The summed E-state index contributed by atoms with van der Waals surface area (Å²) in [5.74, 6) is -1.11. The Morgan fingerprint density at radius 1 is 1.18 bits per heavy atom. The van der Waals surface area contributed by atoms with Gasteiger partial charge in [0.25, 0.3) is 5.91 Å². The van der Waals surface area contributed by atoms with Crippen LogP contribution in [0.5, 0.6) is 11.5 Å². The summed E-state index contributed by atoms with van der Waals surface area (Å²) in [5.41, 5.74) is -1.63. The highest BCUT2D eigenvalue weighted by atomic mass is 19.4. The number of alkyl halides is 3. The van der Waals surface area contributed by atoms with Crippen molar-refractivity contribution in [3.63, 3.8) is 0 Å². The summed E-state index contributed by atoms with van der Waals surface area (Å²) < 4.78 is 51.6. The molecule has 3 rings (SSSR count). The van der Waals surface area contributed by atoms with Crippen molar-refractivity contribution in [3.8, 4) is 11.5 Å². The lowest BCUT2D eigenvalue weighted by atomic mass is 9.88. The van der Waals surface area contributed by atoms with Gasteiger partial charge in [-0.3, -0.25) is 14.9 Å². The second-order valence-electron chi connectivity index (χ2n) is 7.86. The first-order valence-electron chi connectivity index (χ1n) is 10.3. The van der Waals surface area contributed by atoms with Gasteiger partial charge in [-0.05, 0) is 64.2 Å². The number of hydrogen-bond donors (Lipinski definition) is 1. The molecule has 2 aromatic carbocycles. The maximum atomic E-state index is 13.6. The van der Waals surface area contributed by atoms with Gasteiger partial charge in [0.1, 0.15) is 11.9 Å². The Morgan fingerprint density at radius 2 is 1.85 bits per heavy atom. The lowest BCUT2D eigenvalue weighted by Gasteiger charge is -2.39. The molecule has 0 atom stereocenters. The lowest BCUT2D eigenvalue weighted by Crippen LogP contribution is -2.46. The third kappa shape index (κ3) is 5.72. The maximum Gasteiger partial charge on any atom is 0.420 e. The first-order chi connectivity index (χ1) is 15.5. The number of carbonyl (C=O) groups excluding carboxylic acids is 1. The van der Waals surface area contributed by atoms with Crippen molar-refractivity contribution >= 4 is 17.3 Å². The molecule has 0 heterocycles. The zero-order valence-electron chi connectivity index (χ0n) is 18.3. The fraction of sp³-hybridized carbons (Fsp3) is 0.409. The number of halogens is 3. The van der Waals surface area contributed by atoms with E-state index in [1.54, 1.807) is 6.92 Å². The average Bonchev–Trinajstić information content (AvgIpc) is 2.70. The Hall–Kier alpha value is -3.34. The number of nitrogens with zero attached hydrogens (tertiary/aromatic N) is 2. The van der Waals surface area contributed by atoms with Gasteiger partial charge in [-0.1, -0.05) is 0 Å². The van der Waals surface area contributed by atoms with Crippen molar-refractivity contribution < 1.29 is 32.4 Å². The number of carbonyl (C=O) groups is 1. The van der Waals surface area contributed by atoms with Crippen molar-refractivity contribution in [1.82, 2.24) is 4.90 Å².